The molecule has 3 rings (SSSR count). The summed E-state index contributed by atoms with van der Waals surface area (Å²) < 4.78 is 31.7. The summed E-state index contributed by atoms with van der Waals surface area (Å²) in [5.74, 6) is 0.643. The maximum absolute atomic E-state index is 12.5. The zero-order chi connectivity index (χ0) is 19.3. The summed E-state index contributed by atoms with van der Waals surface area (Å²) in [4.78, 5) is 4.75. The minimum absolute atomic E-state index is 0.284. The molecule has 0 bridgehead atoms. The molecule has 0 saturated heterocycles. The number of aromatic nitrogens is 1. The van der Waals surface area contributed by atoms with Crippen LogP contribution >= 0.6 is 11.3 Å². The molecule has 27 heavy (non-hydrogen) atoms. The lowest BCUT2D eigenvalue weighted by molar-refractivity contribution is 0.445. The minimum Gasteiger partial charge on any atom is -0.463 e. The van der Waals surface area contributed by atoms with Crippen LogP contribution in [0.5, 0.6) is 0 Å². The molecule has 0 spiro atoms. The first-order valence-electron chi connectivity index (χ1n) is 8.43. The predicted octanol–water partition coefficient (Wildman–Crippen LogP) is 3.88. The van der Waals surface area contributed by atoms with Crippen LogP contribution in [0.15, 0.2) is 62.5 Å². The highest BCUT2D eigenvalue weighted by molar-refractivity contribution is 7.89. The monoisotopic (exact) mass is 404 g/mol. The first-order chi connectivity index (χ1) is 13.0. The molecule has 1 N–H and O–H groups in total. The molecular formula is C18H20N4O3S2. The highest BCUT2D eigenvalue weighted by Crippen LogP contribution is 2.26. The van der Waals surface area contributed by atoms with Crippen LogP contribution in [0.2, 0.25) is 0 Å². The molecule has 0 amide bonds. The molecular weight excluding hydrogens is 384 g/mol. The van der Waals surface area contributed by atoms with Crippen molar-refractivity contribution in [1.82, 2.24) is 9.29 Å². The first-order valence-corrected chi connectivity index (χ1v) is 10.7. The third-order valence-corrected chi connectivity index (χ3v) is 6.70. The van der Waals surface area contributed by atoms with E-state index in [0.717, 1.165) is 11.3 Å². The lowest BCUT2D eigenvalue weighted by atomic mass is 10.2. The van der Waals surface area contributed by atoms with Gasteiger partial charge in [-0.3, -0.25) is 5.43 Å². The topological polar surface area (TPSA) is 87.8 Å². The van der Waals surface area contributed by atoms with E-state index in [-0.39, 0.29) is 4.90 Å². The lowest BCUT2D eigenvalue weighted by Crippen LogP contribution is -2.30. The lowest BCUT2D eigenvalue weighted by Gasteiger charge is -2.18. The molecule has 2 heterocycles. The van der Waals surface area contributed by atoms with E-state index in [4.69, 9.17) is 4.42 Å². The third-order valence-electron chi connectivity index (χ3n) is 3.89. The van der Waals surface area contributed by atoms with Gasteiger partial charge in [-0.15, -0.1) is 11.3 Å². The van der Waals surface area contributed by atoms with Crippen molar-refractivity contribution in [2.24, 2.45) is 5.10 Å². The number of rotatable bonds is 8. The number of hydrogen-bond acceptors (Lipinski definition) is 7. The van der Waals surface area contributed by atoms with E-state index in [9.17, 15) is 8.42 Å². The smallest absolute Gasteiger partial charge is 0.243 e. The second kappa shape index (κ2) is 8.47. The van der Waals surface area contributed by atoms with Crippen LogP contribution < -0.4 is 5.43 Å². The number of benzene rings is 1. The van der Waals surface area contributed by atoms with Gasteiger partial charge in [0, 0.05) is 24.0 Å². The van der Waals surface area contributed by atoms with Gasteiger partial charge in [-0.2, -0.15) is 9.41 Å². The Hall–Kier alpha value is -2.49. The molecule has 0 aliphatic carbocycles. The van der Waals surface area contributed by atoms with E-state index in [0.29, 0.717) is 24.0 Å². The Balaban J connectivity index is 1.71. The Morgan fingerprint density at radius 3 is 2.59 bits per heavy atom. The summed E-state index contributed by atoms with van der Waals surface area (Å²) in [6, 6.07) is 10.3. The van der Waals surface area contributed by atoms with Crippen LogP contribution in [-0.2, 0) is 10.0 Å². The van der Waals surface area contributed by atoms with E-state index in [1.54, 1.807) is 48.9 Å². The molecule has 2 aromatic heterocycles. The fourth-order valence-corrected chi connectivity index (χ4v) is 4.61. The number of hydrazone groups is 1. The molecule has 0 saturated carbocycles. The van der Waals surface area contributed by atoms with Gasteiger partial charge in [0.2, 0.25) is 15.2 Å². The van der Waals surface area contributed by atoms with Crippen LogP contribution in [0.1, 0.15) is 19.6 Å². The Labute approximate surface area is 162 Å². The SMILES string of the molecule is CCN(CC)S(=O)(=O)c1ccc(-c2csc(N/N=C/c3ccco3)n2)cc1. The van der Waals surface area contributed by atoms with Gasteiger partial charge in [0.05, 0.1) is 23.1 Å². The summed E-state index contributed by atoms with van der Waals surface area (Å²) in [6.07, 6.45) is 3.14. The third kappa shape index (κ3) is 4.44. The molecule has 0 aliphatic rings. The van der Waals surface area contributed by atoms with E-state index in [2.05, 4.69) is 15.5 Å². The van der Waals surface area contributed by atoms with Crippen LogP contribution in [0.25, 0.3) is 11.3 Å². The maximum Gasteiger partial charge on any atom is 0.243 e. The van der Waals surface area contributed by atoms with E-state index in [1.807, 2.05) is 19.2 Å². The number of sulfonamides is 1. The number of furan rings is 1. The fourth-order valence-electron chi connectivity index (χ4n) is 2.48. The van der Waals surface area contributed by atoms with Crippen molar-refractivity contribution in [3.05, 3.63) is 53.8 Å². The largest absolute Gasteiger partial charge is 0.463 e. The van der Waals surface area contributed by atoms with Crippen LogP contribution in [-0.4, -0.2) is 37.0 Å². The van der Waals surface area contributed by atoms with Crippen molar-refractivity contribution in [3.63, 3.8) is 0 Å². The molecule has 0 atom stereocenters. The van der Waals surface area contributed by atoms with Gasteiger partial charge in [0.15, 0.2) is 0 Å². The number of hydrogen-bond donors (Lipinski definition) is 1. The van der Waals surface area contributed by atoms with Gasteiger partial charge in [0.25, 0.3) is 0 Å². The molecule has 9 heteroatoms. The summed E-state index contributed by atoms with van der Waals surface area (Å²) in [5, 5.41) is 6.59. The standard InChI is InChI=1S/C18H20N4O3S2/c1-3-22(4-2)27(23,24)16-9-7-14(8-10-16)17-13-26-18(20-17)21-19-12-15-6-5-11-25-15/h5-13H,3-4H2,1-2H3,(H,20,21)/b19-12+. The molecule has 0 aliphatic heterocycles. The van der Waals surface area contributed by atoms with Gasteiger partial charge in [-0.1, -0.05) is 26.0 Å². The van der Waals surface area contributed by atoms with Gasteiger partial charge >= 0.3 is 0 Å². The first kappa shape index (κ1) is 19.3. The summed E-state index contributed by atoms with van der Waals surface area (Å²) in [7, 11) is -3.45. The highest BCUT2D eigenvalue weighted by Gasteiger charge is 2.21. The molecule has 142 valence electrons. The number of nitrogens with one attached hydrogen (secondary N) is 1. The van der Waals surface area contributed by atoms with Crippen molar-refractivity contribution < 1.29 is 12.8 Å². The normalized spacial score (nSPS) is 12.1. The van der Waals surface area contributed by atoms with Crippen molar-refractivity contribution in [1.29, 1.82) is 0 Å². The average molecular weight is 405 g/mol. The van der Waals surface area contributed by atoms with Gasteiger partial charge in [-0.05, 0) is 24.3 Å². The molecule has 0 fully saturated rings. The number of anilines is 1. The van der Waals surface area contributed by atoms with Gasteiger partial charge in [-0.25, -0.2) is 13.4 Å². The number of thiazole rings is 1. The minimum atomic E-state index is -3.45. The number of nitrogens with zero attached hydrogens (tertiary/aromatic N) is 3. The molecule has 7 nitrogen and oxygen atoms in total. The second-order valence-electron chi connectivity index (χ2n) is 5.54. The van der Waals surface area contributed by atoms with Crippen LogP contribution in [0, 0.1) is 0 Å². The molecule has 0 radical (unpaired) electrons. The van der Waals surface area contributed by atoms with Crippen LogP contribution in [0.4, 0.5) is 5.13 Å². The van der Waals surface area contributed by atoms with Crippen molar-refractivity contribution in [2.75, 3.05) is 18.5 Å². The maximum atomic E-state index is 12.5. The fraction of sp³-hybridized carbons (Fsp3) is 0.222. The summed E-state index contributed by atoms with van der Waals surface area (Å²) in [6.45, 7) is 4.54. The predicted molar refractivity (Wildman–Crippen MR) is 108 cm³/mol. The van der Waals surface area contributed by atoms with Crippen molar-refractivity contribution in [2.45, 2.75) is 18.7 Å². The molecule has 0 unspecified atom stereocenters. The van der Waals surface area contributed by atoms with E-state index in [1.165, 1.54) is 15.6 Å². The second-order valence-corrected chi connectivity index (χ2v) is 8.33. The quantitative estimate of drug-likeness (QED) is 0.455. The Morgan fingerprint density at radius 2 is 1.96 bits per heavy atom. The van der Waals surface area contributed by atoms with E-state index >= 15 is 0 Å². The summed E-state index contributed by atoms with van der Waals surface area (Å²) in [5.41, 5.74) is 4.45. The van der Waals surface area contributed by atoms with Crippen molar-refractivity contribution >= 4 is 32.7 Å². The Bertz CT molecular complexity index is 990. The van der Waals surface area contributed by atoms with Gasteiger partial charge < -0.3 is 4.42 Å². The average Bonchev–Trinajstić information content (AvgIpc) is 3.35. The zero-order valence-corrected chi connectivity index (χ0v) is 16.6. The Morgan fingerprint density at radius 1 is 1.22 bits per heavy atom. The Kier molecular flexibility index (Phi) is 6.04. The summed E-state index contributed by atoms with van der Waals surface area (Å²) >= 11 is 1.41. The van der Waals surface area contributed by atoms with Crippen molar-refractivity contribution in [3.8, 4) is 11.3 Å². The molecule has 1 aromatic carbocycles. The molecule has 3 aromatic rings. The van der Waals surface area contributed by atoms with E-state index < -0.39 is 10.0 Å². The zero-order valence-electron chi connectivity index (χ0n) is 15.0. The highest BCUT2D eigenvalue weighted by atomic mass is 32.2. The van der Waals surface area contributed by atoms with Gasteiger partial charge in [0.1, 0.15) is 5.76 Å². The van der Waals surface area contributed by atoms with Crippen LogP contribution in [0.3, 0.4) is 0 Å².